The van der Waals surface area contributed by atoms with E-state index in [1.807, 2.05) is 20.8 Å². The number of amides is 2. The number of carboxylic acids is 1. The fraction of sp³-hybridized carbons (Fsp3) is 0.526. The topological polar surface area (TPSA) is 86.7 Å². The second-order valence-corrected chi connectivity index (χ2v) is 6.72. The second-order valence-electron chi connectivity index (χ2n) is 6.72. The normalized spacial score (nSPS) is 13.2. The molecule has 2 N–H and O–H groups in total. The van der Waals surface area contributed by atoms with Crippen LogP contribution in [0.25, 0.3) is 0 Å². The number of aliphatic carboxylic acids is 1. The van der Waals surface area contributed by atoms with E-state index in [-0.39, 0.29) is 17.7 Å². The summed E-state index contributed by atoms with van der Waals surface area (Å²) in [6, 6.07) is 5.93. The third kappa shape index (κ3) is 5.89. The summed E-state index contributed by atoms with van der Waals surface area (Å²) < 4.78 is 0. The smallest absolute Gasteiger partial charge is 0.326 e. The molecule has 6 heteroatoms. The molecule has 6 nitrogen and oxygen atoms in total. The number of carbonyl (C=O) groups excluding carboxylic acids is 2. The predicted molar refractivity (Wildman–Crippen MR) is 96.1 cm³/mol. The van der Waals surface area contributed by atoms with Crippen molar-refractivity contribution < 1.29 is 19.5 Å². The van der Waals surface area contributed by atoms with Gasteiger partial charge in [-0.25, -0.2) is 4.79 Å². The van der Waals surface area contributed by atoms with Crippen LogP contribution in [0.15, 0.2) is 24.3 Å². The van der Waals surface area contributed by atoms with E-state index in [1.54, 1.807) is 43.1 Å². The number of hydrogen-bond acceptors (Lipinski definition) is 3. The summed E-state index contributed by atoms with van der Waals surface area (Å²) in [6.07, 6.45) is 0.659. The molecule has 1 aromatic rings. The molecule has 0 aromatic heterocycles. The highest BCUT2D eigenvalue weighted by atomic mass is 16.4. The van der Waals surface area contributed by atoms with Crippen molar-refractivity contribution in [1.82, 2.24) is 10.2 Å². The van der Waals surface area contributed by atoms with Gasteiger partial charge in [0.15, 0.2) is 0 Å². The molecule has 0 fully saturated rings. The number of nitrogens with one attached hydrogen (secondary N) is 1. The molecular formula is C19H28N2O4. The number of carboxylic acid groups (broad SMARTS) is 1. The van der Waals surface area contributed by atoms with Crippen LogP contribution in [0.3, 0.4) is 0 Å². The number of carbonyl (C=O) groups is 3. The Balaban J connectivity index is 2.76. The van der Waals surface area contributed by atoms with Gasteiger partial charge in [0.05, 0.1) is 0 Å². The third-order valence-electron chi connectivity index (χ3n) is 4.27. The molecule has 0 bridgehead atoms. The van der Waals surface area contributed by atoms with Crippen molar-refractivity contribution >= 4 is 17.8 Å². The maximum absolute atomic E-state index is 12.3. The van der Waals surface area contributed by atoms with Crippen molar-refractivity contribution in [3.8, 4) is 0 Å². The Morgan fingerprint density at radius 2 is 1.68 bits per heavy atom. The molecule has 2 amide bonds. The third-order valence-corrected chi connectivity index (χ3v) is 4.27. The van der Waals surface area contributed by atoms with E-state index in [0.717, 1.165) is 5.56 Å². The van der Waals surface area contributed by atoms with Crippen molar-refractivity contribution in [3.05, 3.63) is 35.4 Å². The average molecular weight is 348 g/mol. The van der Waals surface area contributed by atoms with Gasteiger partial charge in [0, 0.05) is 25.1 Å². The van der Waals surface area contributed by atoms with E-state index in [2.05, 4.69) is 5.32 Å². The van der Waals surface area contributed by atoms with Crippen molar-refractivity contribution in [2.24, 2.45) is 11.8 Å². The first-order valence-electron chi connectivity index (χ1n) is 8.54. The van der Waals surface area contributed by atoms with Crippen LogP contribution in [0.5, 0.6) is 0 Å². The lowest BCUT2D eigenvalue weighted by molar-refractivity contribution is -0.140. The molecule has 25 heavy (non-hydrogen) atoms. The summed E-state index contributed by atoms with van der Waals surface area (Å²) in [5, 5.41) is 11.8. The summed E-state index contributed by atoms with van der Waals surface area (Å²) in [4.78, 5) is 37.1. The molecule has 2 atom stereocenters. The van der Waals surface area contributed by atoms with Gasteiger partial charge >= 0.3 is 5.97 Å². The van der Waals surface area contributed by atoms with Gasteiger partial charge in [-0.3, -0.25) is 9.59 Å². The lowest BCUT2D eigenvalue weighted by Crippen LogP contribution is -2.45. The summed E-state index contributed by atoms with van der Waals surface area (Å²) in [7, 11) is 1.74. The summed E-state index contributed by atoms with van der Waals surface area (Å²) in [5.41, 5.74) is 1.31. The zero-order chi connectivity index (χ0) is 19.1. The summed E-state index contributed by atoms with van der Waals surface area (Å²) in [5.74, 6) is -1.61. The Labute approximate surface area is 149 Å². The molecule has 0 saturated carbocycles. The molecule has 0 saturated heterocycles. The molecule has 138 valence electrons. The van der Waals surface area contributed by atoms with Crippen LogP contribution in [0, 0.1) is 11.8 Å². The molecule has 0 spiro atoms. The first-order valence-corrected chi connectivity index (χ1v) is 8.54. The molecule has 0 unspecified atom stereocenters. The zero-order valence-corrected chi connectivity index (χ0v) is 15.6. The lowest BCUT2D eigenvalue weighted by atomic mass is 9.99. The Morgan fingerprint density at radius 3 is 2.12 bits per heavy atom. The van der Waals surface area contributed by atoms with Crippen molar-refractivity contribution in [1.29, 1.82) is 0 Å². The van der Waals surface area contributed by atoms with Gasteiger partial charge in [-0.05, 0) is 23.6 Å². The van der Waals surface area contributed by atoms with Crippen LogP contribution >= 0.6 is 0 Å². The standard InChI is InChI=1S/C19H28N2O4/c1-6-13(4)16(19(24)25)20-17(22)15-9-7-14(8-10-15)11-21(5)18(23)12(2)3/h7-10,12-13,16H,6,11H2,1-5H3,(H,20,22)(H,24,25)/t13-,16-/m0/s1. The van der Waals surface area contributed by atoms with E-state index in [4.69, 9.17) is 0 Å². The first-order chi connectivity index (χ1) is 11.7. The van der Waals surface area contributed by atoms with E-state index < -0.39 is 17.9 Å². The van der Waals surface area contributed by atoms with E-state index >= 15 is 0 Å². The highest BCUT2D eigenvalue weighted by Gasteiger charge is 2.25. The van der Waals surface area contributed by atoms with Gasteiger partial charge in [0.1, 0.15) is 6.04 Å². The van der Waals surface area contributed by atoms with E-state index in [1.165, 1.54) is 0 Å². The maximum Gasteiger partial charge on any atom is 0.326 e. The summed E-state index contributed by atoms with van der Waals surface area (Å²) >= 11 is 0. The lowest BCUT2D eigenvalue weighted by Gasteiger charge is -2.21. The molecular weight excluding hydrogens is 320 g/mol. The average Bonchev–Trinajstić information content (AvgIpc) is 2.58. The molecule has 0 aliphatic rings. The van der Waals surface area contributed by atoms with Gasteiger partial charge in [-0.15, -0.1) is 0 Å². The molecule has 1 aromatic carbocycles. The van der Waals surface area contributed by atoms with E-state index in [0.29, 0.717) is 18.5 Å². The minimum atomic E-state index is -1.03. The van der Waals surface area contributed by atoms with Crippen LogP contribution in [0.1, 0.15) is 50.0 Å². The van der Waals surface area contributed by atoms with Gasteiger partial charge in [-0.2, -0.15) is 0 Å². The minimum absolute atomic E-state index is 0.0553. The number of hydrogen-bond donors (Lipinski definition) is 2. The Morgan fingerprint density at radius 1 is 1.12 bits per heavy atom. The number of benzene rings is 1. The van der Waals surface area contributed by atoms with Crippen molar-refractivity contribution in [2.75, 3.05) is 7.05 Å². The van der Waals surface area contributed by atoms with Crippen molar-refractivity contribution in [3.63, 3.8) is 0 Å². The van der Waals surface area contributed by atoms with Crippen LogP contribution in [0.4, 0.5) is 0 Å². The Hall–Kier alpha value is -2.37. The second kappa shape index (κ2) is 9.20. The van der Waals surface area contributed by atoms with Gasteiger partial charge < -0.3 is 15.3 Å². The monoisotopic (exact) mass is 348 g/mol. The van der Waals surface area contributed by atoms with Crippen LogP contribution in [0.2, 0.25) is 0 Å². The maximum atomic E-state index is 12.3. The van der Waals surface area contributed by atoms with E-state index in [9.17, 15) is 19.5 Å². The van der Waals surface area contributed by atoms with Crippen LogP contribution in [-0.4, -0.2) is 40.9 Å². The quantitative estimate of drug-likeness (QED) is 0.756. The van der Waals surface area contributed by atoms with Gasteiger partial charge in [0.2, 0.25) is 5.91 Å². The first kappa shape index (κ1) is 20.7. The fourth-order valence-corrected chi connectivity index (χ4v) is 2.46. The SMILES string of the molecule is CC[C@H](C)[C@H](NC(=O)c1ccc(CN(C)C(=O)C(C)C)cc1)C(=O)O. The van der Waals surface area contributed by atoms with Gasteiger partial charge in [0.25, 0.3) is 5.91 Å². The predicted octanol–water partition coefficient (Wildman–Crippen LogP) is 2.53. The zero-order valence-electron chi connectivity index (χ0n) is 15.6. The Kier molecular flexibility index (Phi) is 7.61. The molecule has 0 aliphatic heterocycles. The highest BCUT2D eigenvalue weighted by Crippen LogP contribution is 2.12. The fourth-order valence-electron chi connectivity index (χ4n) is 2.46. The largest absolute Gasteiger partial charge is 0.480 e. The van der Waals surface area contributed by atoms with Crippen molar-refractivity contribution in [2.45, 2.75) is 46.7 Å². The number of rotatable bonds is 8. The molecule has 0 heterocycles. The van der Waals surface area contributed by atoms with Crippen LogP contribution in [-0.2, 0) is 16.1 Å². The highest BCUT2D eigenvalue weighted by molar-refractivity contribution is 5.96. The summed E-state index contributed by atoms with van der Waals surface area (Å²) in [6.45, 7) is 7.84. The molecule has 1 rings (SSSR count). The van der Waals surface area contributed by atoms with Gasteiger partial charge in [-0.1, -0.05) is 46.2 Å². The minimum Gasteiger partial charge on any atom is -0.480 e. The molecule has 0 aliphatic carbocycles. The molecule has 0 radical (unpaired) electrons. The Bertz CT molecular complexity index is 610. The van der Waals surface area contributed by atoms with Crippen LogP contribution < -0.4 is 5.32 Å². The number of nitrogens with zero attached hydrogens (tertiary/aromatic N) is 1.